The van der Waals surface area contributed by atoms with Gasteiger partial charge in [0.05, 0.1) is 0 Å². The second kappa shape index (κ2) is 5.49. The SMILES string of the molecule is CCC(CNC)Cc1ccc2c(c1)CCC2. The fourth-order valence-corrected chi connectivity index (χ4v) is 2.73. The highest BCUT2D eigenvalue weighted by Gasteiger charge is 2.12. The quantitative estimate of drug-likeness (QED) is 0.799. The molecule has 1 unspecified atom stereocenters. The van der Waals surface area contributed by atoms with Crippen LogP contribution in [-0.4, -0.2) is 13.6 Å². The van der Waals surface area contributed by atoms with Crippen LogP contribution >= 0.6 is 0 Å². The molecule has 0 aliphatic heterocycles. The molecule has 88 valence electrons. The van der Waals surface area contributed by atoms with Crippen LogP contribution in [0.2, 0.25) is 0 Å². The van der Waals surface area contributed by atoms with Crippen molar-refractivity contribution in [3.05, 3.63) is 34.9 Å². The van der Waals surface area contributed by atoms with Crippen molar-refractivity contribution in [3.63, 3.8) is 0 Å². The Morgan fingerprint density at radius 3 is 2.81 bits per heavy atom. The van der Waals surface area contributed by atoms with E-state index in [4.69, 9.17) is 0 Å². The van der Waals surface area contributed by atoms with Gasteiger partial charge in [0.25, 0.3) is 0 Å². The Bertz CT molecular complexity index is 343. The van der Waals surface area contributed by atoms with Gasteiger partial charge in [0.15, 0.2) is 0 Å². The first-order valence-electron chi connectivity index (χ1n) is 6.58. The summed E-state index contributed by atoms with van der Waals surface area (Å²) in [6.45, 7) is 3.42. The van der Waals surface area contributed by atoms with Gasteiger partial charge in [-0.25, -0.2) is 0 Å². The van der Waals surface area contributed by atoms with Crippen molar-refractivity contribution in [3.8, 4) is 0 Å². The first kappa shape index (κ1) is 11.7. The molecule has 0 saturated heterocycles. The molecule has 0 radical (unpaired) electrons. The zero-order valence-corrected chi connectivity index (χ0v) is 10.6. The third-order valence-corrected chi connectivity index (χ3v) is 3.76. The molecular weight excluding hydrogens is 194 g/mol. The van der Waals surface area contributed by atoms with E-state index < -0.39 is 0 Å². The van der Waals surface area contributed by atoms with E-state index in [2.05, 4.69) is 30.4 Å². The first-order valence-corrected chi connectivity index (χ1v) is 6.58. The van der Waals surface area contributed by atoms with Gasteiger partial charge in [-0.1, -0.05) is 31.5 Å². The van der Waals surface area contributed by atoms with E-state index in [9.17, 15) is 0 Å². The van der Waals surface area contributed by atoms with Gasteiger partial charge in [0, 0.05) is 0 Å². The molecule has 0 aromatic heterocycles. The Hall–Kier alpha value is -0.820. The summed E-state index contributed by atoms with van der Waals surface area (Å²) in [5.41, 5.74) is 4.73. The van der Waals surface area contributed by atoms with Gasteiger partial charge in [0.1, 0.15) is 0 Å². The molecule has 1 nitrogen and oxygen atoms in total. The monoisotopic (exact) mass is 217 g/mol. The number of rotatable bonds is 5. The topological polar surface area (TPSA) is 12.0 Å². The number of hydrogen-bond donors (Lipinski definition) is 1. The lowest BCUT2D eigenvalue weighted by Crippen LogP contribution is -2.20. The van der Waals surface area contributed by atoms with E-state index in [0.29, 0.717) is 0 Å². The highest BCUT2D eigenvalue weighted by Crippen LogP contribution is 2.24. The smallest absolute Gasteiger partial charge is 0.00204 e. The molecule has 16 heavy (non-hydrogen) atoms. The molecule has 0 heterocycles. The van der Waals surface area contributed by atoms with Gasteiger partial charge in [0.2, 0.25) is 0 Å². The Balaban J connectivity index is 2.04. The average molecular weight is 217 g/mol. The molecule has 0 amide bonds. The maximum atomic E-state index is 3.29. The van der Waals surface area contributed by atoms with E-state index in [-0.39, 0.29) is 0 Å². The van der Waals surface area contributed by atoms with Gasteiger partial charge in [-0.3, -0.25) is 0 Å². The predicted molar refractivity (Wildman–Crippen MR) is 69.9 cm³/mol. The van der Waals surface area contributed by atoms with Crippen LogP contribution in [0.5, 0.6) is 0 Å². The van der Waals surface area contributed by atoms with Crippen LogP contribution in [-0.2, 0) is 19.3 Å². The summed E-state index contributed by atoms with van der Waals surface area (Å²) in [4.78, 5) is 0. The first-order chi connectivity index (χ1) is 7.83. The van der Waals surface area contributed by atoms with Gasteiger partial charge in [-0.05, 0) is 61.9 Å². The van der Waals surface area contributed by atoms with Crippen molar-refractivity contribution in [1.29, 1.82) is 0 Å². The lowest BCUT2D eigenvalue weighted by Gasteiger charge is -2.15. The van der Waals surface area contributed by atoms with Crippen LogP contribution in [0.25, 0.3) is 0 Å². The molecular formula is C15H23N. The number of nitrogens with one attached hydrogen (secondary N) is 1. The summed E-state index contributed by atoms with van der Waals surface area (Å²) >= 11 is 0. The molecule has 1 heteroatoms. The molecule has 1 atom stereocenters. The Labute approximate surface area is 99.3 Å². The third-order valence-electron chi connectivity index (χ3n) is 3.76. The molecule has 0 bridgehead atoms. The van der Waals surface area contributed by atoms with Crippen LogP contribution in [0.1, 0.15) is 36.5 Å². The van der Waals surface area contributed by atoms with Crippen molar-refractivity contribution in [2.75, 3.05) is 13.6 Å². The third kappa shape index (κ3) is 2.65. The molecule has 1 aliphatic carbocycles. The lowest BCUT2D eigenvalue weighted by molar-refractivity contribution is 0.481. The van der Waals surface area contributed by atoms with E-state index in [1.807, 2.05) is 7.05 Å². The Morgan fingerprint density at radius 1 is 1.25 bits per heavy atom. The highest BCUT2D eigenvalue weighted by molar-refractivity contribution is 5.35. The molecule has 1 aromatic carbocycles. The normalized spacial score (nSPS) is 16.1. The summed E-state index contributed by atoms with van der Waals surface area (Å²) in [5, 5.41) is 3.29. The van der Waals surface area contributed by atoms with Crippen LogP contribution < -0.4 is 5.32 Å². The van der Waals surface area contributed by atoms with Gasteiger partial charge >= 0.3 is 0 Å². The maximum absolute atomic E-state index is 3.29. The minimum Gasteiger partial charge on any atom is -0.319 e. The largest absolute Gasteiger partial charge is 0.319 e. The lowest BCUT2D eigenvalue weighted by atomic mass is 9.95. The number of benzene rings is 1. The zero-order chi connectivity index (χ0) is 11.4. The summed E-state index contributed by atoms with van der Waals surface area (Å²) in [7, 11) is 2.05. The fraction of sp³-hybridized carbons (Fsp3) is 0.600. The van der Waals surface area contributed by atoms with E-state index in [0.717, 1.165) is 12.5 Å². The molecule has 1 aliphatic rings. The van der Waals surface area contributed by atoms with Crippen LogP contribution in [0, 0.1) is 5.92 Å². The van der Waals surface area contributed by atoms with E-state index >= 15 is 0 Å². The van der Waals surface area contributed by atoms with Crippen molar-refractivity contribution in [1.82, 2.24) is 5.32 Å². The van der Waals surface area contributed by atoms with E-state index in [1.165, 1.54) is 37.7 Å². The minimum absolute atomic E-state index is 0.782. The van der Waals surface area contributed by atoms with Gasteiger partial charge in [-0.15, -0.1) is 0 Å². The predicted octanol–water partition coefficient (Wildman–Crippen LogP) is 2.96. The van der Waals surface area contributed by atoms with Crippen LogP contribution in [0.4, 0.5) is 0 Å². The van der Waals surface area contributed by atoms with E-state index in [1.54, 1.807) is 11.1 Å². The number of aryl methyl sites for hydroxylation is 2. The Kier molecular flexibility index (Phi) is 4.00. The molecule has 0 fully saturated rings. The van der Waals surface area contributed by atoms with Crippen LogP contribution in [0.15, 0.2) is 18.2 Å². The van der Waals surface area contributed by atoms with Crippen LogP contribution in [0.3, 0.4) is 0 Å². The van der Waals surface area contributed by atoms with Crippen molar-refractivity contribution in [2.45, 2.75) is 39.0 Å². The minimum atomic E-state index is 0.782. The fourth-order valence-electron chi connectivity index (χ4n) is 2.73. The van der Waals surface area contributed by atoms with Gasteiger partial charge < -0.3 is 5.32 Å². The maximum Gasteiger partial charge on any atom is -0.00204 e. The van der Waals surface area contributed by atoms with Crippen molar-refractivity contribution in [2.24, 2.45) is 5.92 Å². The van der Waals surface area contributed by atoms with Crippen molar-refractivity contribution >= 4 is 0 Å². The zero-order valence-electron chi connectivity index (χ0n) is 10.6. The summed E-state index contributed by atoms with van der Waals surface area (Å²) in [6.07, 6.45) is 6.43. The molecule has 1 aromatic rings. The Morgan fingerprint density at radius 2 is 2.06 bits per heavy atom. The number of fused-ring (bicyclic) bond motifs is 1. The second-order valence-corrected chi connectivity index (χ2v) is 4.99. The summed E-state index contributed by atoms with van der Waals surface area (Å²) in [6, 6.07) is 7.13. The average Bonchev–Trinajstić information content (AvgIpc) is 2.75. The van der Waals surface area contributed by atoms with Crippen molar-refractivity contribution < 1.29 is 0 Å². The summed E-state index contributed by atoms with van der Waals surface area (Å²) in [5.74, 6) is 0.782. The number of hydrogen-bond acceptors (Lipinski definition) is 1. The molecule has 2 rings (SSSR count). The second-order valence-electron chi connectivity index (χ2n) is 4.99. The molecule has 1 N–H and O–H groups in total. The standard InChI is InChI=1S/C15H23N/c1-3-12(11-16-2)9-13-7-8-14-5-4-6-15(14)10-13/h7-8,10,12,16H,3-6,9,11H2,1-2H3. The highest BCUT2D eigenvalue weighted by atomic mass is 14.8. The molecule has 0 saturated carbocycles. The summed E-state index contributed by atoms with van der Waals surface area (Å²) < 4.78 is 0. The molecule has 0 spiro atoms. The van der Waals surface area contributed by atoms with Gasteiger partial charge in [-0.2, -0.15) is 0 Å².